The average molecular weight is 326 g/mol. The average Bonchev–Trinajstić information content (AvgIpc) is 2.53. The number of carbonyl (C=O) groups excluding carboxylic acids is 1. The SMILES string of the molecule is CCOCCCNC(=O)/C=C/c1cc(Cl)c2c(c1)OCCO2. The minimum absolute atomic E-state index is 0.150. The maximum absolute atomic E-state index is 11.7. The van der Waals surface area contributed by atoms with Gasteiger partial charge in [0.15, 0.2) is 11.5 Å². The van der Waals surface area contributed by atoms with Gasteiger partial charge in [-0.2, -0.15) is 0 Å². The highest BCUT2D eigenvalue weighted by Crippen LogP contribution is 2.38. The van der Waals surface area contributed by atoms with Gasteiger partial charge in [0, 0.05) is 25.8 Å². The van der Waals surface area contributed by atoms with Gasteiger partial charge in [-0.1, -0.05) is 11.6 Å². The summed E-state index contributed by atoms with van der Waals surface area (Å²) >= 11 is 6.14. The zero-order chi connectivity index (χ0) is 15.8. The van der Waals surface area contributed by atoms with Crippen molar-refractivity contribution in [2.75, 3.05) is 33.0 Å². The van der Waals surface area contributed by atoms with E-state index in [4.69, 9.17) is 25.8 Å². The van der Waals surface area contributed by atoms with E-state index in [1.165, 1.54) is 6.08 Å². The van der Waals surface area contributed by atoms with Crippen molar-refractivity contribution in [3.63, 3.8) is 0 Å². The van der Waals surface area contributed by atoms with Gasteiger partial charge in [-0.25, -0.2) is 0 Å². The van der Waals surface area contributed by atoms with Crippen LogP contribution in [0.1, 0.15) is 18.9 Å². The first-order chi connectivity index (χ1) is 10.7. The fourth-order valence-electron chi connectivity index (χ4n) is 1.99. The molecule has 0 radical (unpaired) electrons. The first-order valence-electron chi connectivity index (χ1n) is 7.33. The maximum Gasteiger partial charge on any atom is 0.244 e. The first kappa shape index (κ1) is 16.6. The summed E-state index contributed by atoms with van der Waals surface area (Å²) in [4.78, 5) is 11.7. The smallest absolute Gasteiger partial charge is 0.244 e. The molecule has 1 aromatic carbocycles. The summed E-state index contributed by atoms with van der Waals surface area (Å²) in [6, 6.07) is 3.55. The van der Waals surface area contributed by atoms with E-state index >= 15 is 0 Å². The van der Waals surface area contributed by atoms with Crippen molar-refractivity contribution in [2.24, 2.45) is 0 Å². The molecule has 0 bridgehead atoms. The summed E-state index contributed by atoms with van der Waals surface area (Å²) in [7, 11) is 0. The van der Waals surface area contributed by atoms with E-state index in [1.807, 2.05) is 6.92 Å². The topological polar surface area (TPSA) is 56.8 Å². The Hall–Kier alpha value is -1.72. The maximum atomic E-state index is 11.7. The molecule has 0 spiro atoms. The number of rotatable bonds is 7. The summed E-state index contributed by atoms with van der Waals surface area (Å²) in [6.45, 7) is 4.87. The Morgan fingerprint density at radius 2 is 2.23 bits per heavy atom. The molecule has 0 fully saturated rings. The molecular weight excluding hydrogens is 306 g/mol. The minimum Gasteiger partial charge on any atom is -0.486 e. The predicted molar refractivity (Wildman–Crippen MR) is 85.6 cm³/mol. The number of hydrogen-bond acceptors (Lipinski definition) is 4. The molecule has 1 N–H and O–H groups in total. The summed E-state index contributed by atoms with van der Waals surface area (Å²) in [5.74, 6) is 1.02. The number of amides is 1. The lowest BCUT2D eigenvalue weighted by Crippen LogP contribution is -2.23. The normalized spacial score (nSPS) is 13.4. The minimum atomic E-state index is -0.150. The lowest BCUT2D eigenvalue weighted by atomic mass is 10.1. The number of fused-ring (bicyclic) bond motifs is 1. The van der Waals surface area contributed by atoms with Crippen molar-refractivity contribution >= 4 is 23.6 Å². The molecule has 0 atom stereocenters. The van der Waals surface area contributed by atoms with Gasteiger partial charge in [-0.05, 0) is 37.1 Å². The van der Waals surface area contributed by atoms with E-state index in [2.05, 4.69) is 5.32 Å². The molecule has 1 aromatic rings. The lowest BCUT2D eigenvalue weighted by Gasteiger charge is -2.19. The van der Waals surface area contributed by atoms with Crippen molar-refractivity contribution in [3.8, 4) is 11.5 Å². The van der Waals surface area contributed by atoms with E-state index in [0.29, 0.717) is 49.5 Å². The Labute approximate surface area is 135 Å². The van der Waals surface area contributed by atoms with Gasteiger partial charge >= 0.3 is 0 Å². The van der Waals surface area contributed by atoms with E-state index in [0.717, 1.165) is 12.0 Å². The lowest BCUT2D eigenvalue weighted by molar-refractivity contribution is -0.116. The van der Waals surface area contributed by atoms with Crippen molar-refractivity contribution in [1.29, 1.82) is 0 Å². The highest BCUT2D eigenvalue weighted by atomic mass is 35.5. The molecule has 1 amide bonds. The third kappa shape index (κ3) is 4.93. The van der Waals surface area contributed by atoms with Crippen LogP contribution < -0.4 is 14.8 Å². The third-order valence-electron chi connectivity index (χ3n) is 3.02. The third-order valence-corrected chi connectivity index (χ3v) is 3.30. The molecule has 0 unspecified atom stereocenters. The largest absolute Gasteiger partial charge is 0.486 e. The number of halogens is 1. The van der Waals surface area contributed by atoms with Crippen LogP contribution in [0.15, 0.2) is 18.2 Å². The zero-order valence-electron chi connectivity index (χ0n) is 12.6. The van der Waals surface area contributed by atoms with Crippen LogP contribution >= 0.6 is 11.6 Å². The van der Waals surface area contributed by atoms with Crippen molar-refractivity contribution < 1.29 is 19.0 Å². The van der Waals surface area contributed by atoms with Gasteiger partial charge in [-0.3, -0.25) is 4.79 Å². The van der Waals surface area contributed by atoms with Crippen molar-refractivity contribution in [3.05, 3.63) is 28.8 Å². The van der Waals surface area contributed by atoms with Crippen LogP contribution in [0.2, 0.25) is 5.02 Å². The second-order valence-corrected chi connectivity index (χ2v) is 5.11. The second-order valence-electron chi connectivity index (χ2n) is 4.70. The summed E-state index contributed by atoms with van der Waals surface area (Å²) < 4.78 is 16.1. The van der Waals surface area contributed by atoms with Crippen LogP contribution in [-0.2, 0) is 9.53 Å². The van der Waals surface area contributed by atoms with E-state index in [-0.39, 0.29) is 5.91 Å². The van der Waals surface area contributed by atoms with Crippen LogP contribution in [0.3, 0.4) is 0 Å². The Kier molecular flexibility index (Phi) is 6.55. The van der Waals surface area contributed by atoms with Crippen LogP contribution in [-0.4, -0.2) is 38.9 Å². The molecule has 0 aliphatic carbocycles. The molecule has 6 heteroatoms. The molecule has 1 heterocycles. The van der Waals surface area contributed by atoms with Gasteiger partial charge in [0.2, 0.25) is 5.91 Å². The van der Waals surface area contributed by atoms with E-state index in [1.54, 1.807) is 18.2 Å². The van der Waals surface area contributed by atoms with Crippen LogP contribution in [0.5, 0.6) is 11.5 Å². The quantitative estimate of drug-likeness (QED) is 0.618. The molecule has 1 aliphatic heterocycles. The number of ether oxygens (including phenoxy) is 3. The van der Waals surface area contributed by atoms with Gasteiger partial charge in [-0.15, -0.1) is 0 Å². The summed E-state index contributed by atoms with van der Waals surface area (Å²) in [5, 5.41) is 3.27. The summed E-state index contributed by atoms with van der Waals surface area (Å²) in [6.07, 6.45) is 3.97. The van der Waals surface area contributed by atoms with Crippen LogP contribution in [0.25, 0.3) is 6.08 Å². The Morgan fingerprint density at radius 1 is 1.41 bits per heavy atom. The highest BCUT2D eigenvalue weighted by molar-refractivity contribution is 6.32. The van der Waals surface area contributed by atoms with Crippen molar-refractivity contribution in [1.82, 2.24) is 5.32 Å². The van der Waals surface area contributed by atoms with Gasteiger partial charge < -0.3 is 19.5 Å². The number of nitrogens with one attached hydrogen (secondary N) is 1. The molecule has 1 aliphatic rings. The molecule has 22 heavy (non-hydrogen) atoms. The highest BCUT2D eigenvalue weighted by Gasteiger charge is 2.15. The van der Waals surface area contributed by atoms with E-state index in [9.17, 15) is 4.79 Å². The fraction of sp³-hybridized carbons (Fsp3) is 0.438. The summed E-state index contributed by atoms with van der Waals surface area (Å²) in [5.41, 5.74) is 0.790. The molecule has 0 saturated heterocycles. The molecular formula is C16H20ClNO4. The van der Waals surface area contributed by atoms with Gasteiger partial charge in [0.1, 0.15) is 13.2 Å². The standard InChI is InChI=1S/C16H20ClNO4/c1-2-20-7-3-6-18-15(19)5-4-12-10-13(17)16-14(11-12)21-8-9-22-16/h4-5,10-11H,2-3,6-9H2,1H3,(H,18,19)/b5-4+. The second kappa shape index (κ2) is 8.66. The Balaban J connectivity index is 1.87. The number of carbonyl (C=O) groups is 1. The van der Waals surface area contributed by atoms with Crippen LogP contribution in [0, 0.1) is 0 Å². The molecule has 120 valence electrons. The molecule has 0 aromatic heterocycles. The zero-order valence-corrected chi connectivity index (χ0v) is 13.3. The first-order valence-corrected chi connectivity index (χ1v) is 7.71. The van der Waals surface area contributed by atoms with Crippen molar-refractivity contribution in [2.45, 2.75) is 13.3 Å². The molecule has 5 nitrogen and oxygen atoms in total. The van der Waals surface area contributed by atoms with Gasteiger partial charge in [0.25, 0.3) is 0 Å². The van der Waals surface area contributed by atoms with E-state index < -0.39 is 0 Å². The number of benzene rings is 1. The predicted octanol–water partition coefficient (Wildman–Crippen LogP) is 2.67. The Bertz CT molecular complexity index is 545. The fourth-order valence-corrected chi connectivity index (χ4v) is 2.26. The number of hydrogen-bond donors (Lipinski definition) is 1. The Morgan fingerprint density at radius 3 is 3.05 bits per heavy atom. The molecule has 0 saturated carbocycles. The van der Waals surface area contributed by atoms with Gasteiger partial charge in [0.05, 0.1) is 5.02 Å². The monoisotopic (exact) mass is 325 g/mol. The van der Waals surface area contributed by atoms with Crippen LogP contribution in [0.4, 0.5) is 0 Å². The molecule has 2 rings (SSSR count).